The van der Waals surface area contributed by atoms with Crippen LogP contribution in [0.15, 0.2) is 24.3 Å². The van der Waals surface area contributed by atoms with Crippen molar-refractivity contribution < 1.29 is 6.40 Å². The summed E-state index contributed by atoms with van der Waals surface area (Å²) >= 11 is -3.90. The molecular formula is C8H11O2Sb. The Labute approximate surface area is 70.8 Å². The molecule has 60 valence electrons. The monoisotopic (exact) mass is 260 g/mol. The number of hydrogen-bond donors (Lipinski definition) is 1. The van der Waals surface area contributed by atoms with E-state index >= 15 is 0 Å². The zero-order chi connectivity index (χ0) is 8.48. The van der Waals surface area contributed by atoms with Crippen LogP contribution in [0.1, 0.15) is 5.56 Å². The molecule has 1 aromatic carbocycles. The molecule has 0 aliphatic heterocycles. The molecule has 1 atom stereocenters. The summed E-state index contributed by atoms with van der Waals surface area (Å²) in [6.45, 7) is 1.96. The minimum atomic E-state index is -3.90. The van der Waals surface area contributed by atoms with Gasteiger partial charge in [-0.05, 0) is 0 Å². The Morgan fingerprint density at radius 1 is 1.27 bits per heavy atom. The van der Waals surface area contributed by atoms with Crippen molar-refractivity contribution in [1.82, 2.24) is 0 Å². The van der Waals surface area contributed by atoms with E-state index in [0.717, 1.165) is 5.56 Å². The molecule has 0 bridgehead atoms. The summed E-state index contributed by atoms with van der Waals surface area (Å²) in [5, 5.41) is 0. The van der Waals surface area contributed by atoms with Crippen LogP contribution in [0.25, 0.3) is 0 Å². The Morgan fingerprint density at radius 3 is 2.09 bits per heavy atom. The number of benzene rings is 1. The number of rotatable bonds is 1. The molecule has 1 unspecified atom stereocenters. The molecule has 1 rings (SSSR count). The second-order valence-corrected chi connectivity index (χ2v) is 9.21. The van der Waals surface area contributed by atoms with Crippen molar-refractivity contribution >= 4 is 22.7 Å². The molecule has 0 heterocycles. The van der Waals surface area contributed by atoms with Gasteiger partial charge in [-0.25, -0.2) is 0 Å². The Balaban J connectivity index is 3.09. The van der Waals surface area contributed by atoms with Crippen LogP contribution in [0.2, 0.25) is 4.87 Å². The predicted octanol–water partition coefficient (Wildman–Crippen LogP) is 0.697. The van der Waals surface area contributed by atoms with Gasteiger partial charge in [0.25, 0.3) is 0 Å². The zero-order valence-electron chi connectivity index (χ0n) is 6.61. The summed E-state index contributed by atoms with van der Waals surface area (Å²) in [6, 6.07) is 7.17. The molecule has 1 N–H and O–H groups in total. The fourth-order valence-electron chi connectivity index (χ4n) is 0.821. The van der Waals surface area contributed by atoms with Crippen LogP contribution in [0.3, 0.4) is 0 Å². The van der Waals surface area contributed by atoms with Gasteiger partial charge in [0, 0.05) is 0 Å². The van der Waals surface area contributed by atoms with Crippen LogP contribution >= 0.6 is 0 Å². The first-order valence-electron chi connectivity index (χ1n) is 3.37. The molecule has 0 spiro atoms. The maximum absolute atomic E-state index is 11.2. The summed E-state index contributed by atoms with van der Waals surface area (Å²) in [7, 11) is 0. The molecule has 0 aromatic heterocycles. The molecule has 3 heteroatoms. The van der Waals surface area contributed by atoms with Crippen LogP contribution in [0.4, 0.5) is 0 Å². The second-order valence-electron chi connectivity index (χ2n) is 2.71. The van der Waals surface area contributed by atoms with Crippen molar-refractivity contribution in [2.45, 2.75) is 11.8 Å². The Hall–Kier alpha value is -0.202. The molecule has 0 saturated carbocycles. The molecule has 1 aromatic rings. The van der Waals surface area contributed by atoms with E-state index in [1.165, 1.54) is 4.87 Å². The SMILES string of the molecule is Cc1cc[c]([Sb]([CH3])(=[O])[OH])cc1. The van der Waals surface area contributed by atoms with Crippen LogP contribution in [-0.2, 0) is 3.02 Å². The average Bonchev–Trinajstić information content (AvgIpc) is 1.86. The molecule has 0 fully saturated rings. The van der Waals surface area contributed by atoms with Gasteiger partial charge in [-0.1, -0.05) is 0 Å². The molecule has 0 amide bonds. The van der Waals surface area contributed by atoms with Gasteiger partial charge in [-0.3, -0.25) is 0 Å². The fourth-order valence-corrected chi connectivity index (χ4v) is 2.83. The molecule has 0 aliphatic rings. The minimum absolute atomic E-state index is 0.606. The van der Waals surface area contributed by atoms with Crippen LogP contribution < -0.4 is 3.51 Å². The van der Waals surface area contributed by atoms with E-state index in [2.05, 4.69) is 0 Å². The molecule has 0 aliphatic carbocycles. The van der Waals surface area contributed by atoms with Crippen molar-refractivity contribution in [1.29, 1.82) is 0 Å². The first-order chi connectivity index (χ1) is 5.00. The summed E-state index contributed by atoms with van der Waals surface area (Å²) < 4.78 is 21.0. The quantitative estimate of drug-likeness (QED) is 0.755. The average molecular weight is 261 g/mol. The van der Waals surface area contributed by atoms with Gasteiger partial charge in [-0.2, -0.15) is 0 Å². The Morgan fingerprint density at radius 2 is 1.73 bits per heavy atom. The predicted molar refractivity (Wildman–Crippen MR) is 45.3 cm³/mol. The van der Waals surface area contributed by atoms with Gasteiger partial charge in [0.15, 0.2) is 0 Å². The van der Waals surface area contributed by atoms with Gasteiger partial charge in [0.1, 0.15) is 0 Å². The zero-order valence-corrected chi connectivity index (χ0v) is 9.16. The van der Waals surface area contributed by atoms with Gasteiger partial charge in [-0.15, -0.1) is 0 Å². The molecular weight excluding hydrogens is 250 g/mol. The number of aryl methyl sites for hydroxylation is 1. The van der Waals surface area contributed by atoms with E-state index in [4.69, 9.17) is 0 Å². The second kappa shape index (κ2) is 3.04. The first kappa shape index (κ1) is 8.89. The summed E-state index contributed by atoms with van der Waals surface area (Å²) in [5.41, 5.74) is 1.11. The van der Waals surface area contributed by atoms with Crippen LogP contribution in [0.5, 0.6) is 0 Å². The molecule has 0 saturated heterocycles. The van der Waals surface area contributed by atoms with E-state index in [-0.39, 0.29) is 0 Å². The van der Waals surface area contributed by atoms with Gasteiger partial charge in [0.2, 0.25) is 0 Å². The van der Waals surface area contributed by atoms with Gasteiger partial charge >= 0.3 is 70.8 Å². The van der Waals surface area contributed by atoms with Crippen molar-refractivity contribution in [2.24, 2.45) is 0 Å². The Bertz CT molecular complexity index is 283. The third kappa shape index (κ3) is 2.39. The first-order valence-corrected chi connectivity index (χ1v) is 9.39. The van der Waals surface area contributed by atoms with Crippen molar-refractivity contribution in [3.05, 3.63) is 29.8 Å². The third-order valence-electron chi connectivity index (χ3n) is 1.51. The summed E-state index contributed by atoms with van der Waals surface area (Å²) in [5.74, 6) is 0. The third-order valence-corrected chi connectivity index (χ3v) is 5.10. The standard InChI is InChI=1S/C7H7.CH3.H2O.O.Sb/c1-7-5-3-2-4-6-7;;;;/h3-6H,1H3;1H3;1H2;;/q;;;;+1/p-1. The van der Waals surface area contributed by atoms with Crippen LogP contribution in [0, 0.1) is 6.92 Å². The summed E-state index contributed by atoms with van der Waals surface area (Å²) in [6.07, 6.45) is 0. The van der Waals surface area contributed by atoms with Gasteiger partial charge in [0.05, 0.1) is 0 Å². The maximum atomic E-state index is 11.2. The van der Waals surface area contributed by atoms with Crippen molar-refractivity contribution in [3.63, 3.8) is 0 Å². The van der Waals surface area contributed by atoms with E-state index in [9.17, 15) is 6.40 Å². The molecule has 11 heavy (non-hydrogen) atoms. The molecule has 0 radical (unpaired) electrons. The number of hydrogen-bond acceptors (Lipinski definition) is 1. The van der Waals surface area contributed by atoms with E-state index in [1.807, 2.05) is 19.1 Å². The van der Waals surface area contributed by atoms with Gasteiger partial charge < -0.3 is 0 Å². The molecule has 2 nitrogen and oxygen atoms in total. The Kier molecular flexibility index (Phi) is 2.46. The van der Waals surface area contributed by atoms with E-state index in [1.54, 1.807) is 12.1 Å². The fraction of sp³-hybridized carbons (Fsp3) is 0.250. The summed E-state index contributed by atoms with van der Waals surface area (Å²) in [4.78, 5) is 1.43. The topological polar surface area (TPSA) is 37.3 Å². The van der Waals surface area contributed by atoms with E-state index < -0.39 is 19.2 Å². The van der Waals surface area contributed by atoms with Crippen LogP contribution in [-0.4, -0.2) is 22.6 Å². The van der Waals surface area contributed by atoms with Crippen molar-refractivity contribution in [3.8, 4) is 0 Å². The van der Waals surface area contributed by atoms with E-state index in [0.29, 0.717) is 3.51 Å². The normalized spacial score (nSPS) is 15.9. The van der Waals surface area contributed by atoms with Crippen molar-refractivity contribution in [2.75, 3.05) is 0 Å².